The van der Waals surface area contributed by atoms with Crippen molar-refractivity contribution in [2.45, 2.75) is 0 Å². The number of phenols is 2. The second-order valence-electron chi connectivity index (χ2n) is 6.17. The van der Waals surface area contributed by atoms with Gasteiger partial charge in [-0.15, -0.1) is 0 Å². The van der Waals surface area contributed by atoms with Crippen LogP contribution in [0.1, 0.15) is 0 Å². The first kappa shape index (κ1) is 17.2. The lowest BCUT2D eigenvalue weighted by Gasteiger charge is -2.12. The molecule has 0 unspecified atom stereocenters. The average molecular weight is 366 g/mol. The lowest BCUT2D eigenvalue weighted by molar-refractivity contribution is 0.293. The van der Waals surface area contributed by atoms with Crippen LogP contribution in [0.4, 0.5) is 0 Å². The van der Waals surface area contributed by atoms with E-state index in [9.17, 15) is 15.0 Å². The van der Waals surface area contributed by atoms with Crippen molar-refractivity contribution < 1.29 is 15.3 Å². The minimum absolute atomic E-state index is 0.0498. The van der Waals surface area contributed by atoms with Gasteiger partial charge in [0.2, 0.25) is 0 Å². The first-order valence-corrected chi connectivity index (χ1v) is 8.56. The number of benzene rings is 3. The van der Waals surface area contributed by atoms with Gasteiger partial charge in [-0.2, -0.15) is 0 Å². The highest BCUT2D eigenvalue weighted by molar-refractivity contribution is 6.23. The molecule has 5 N–H and O–H groups in total. The summed E-state index contributed by atoms with van der Waals surface area (Å²) in [5.41, 5.74) is 0.783. The van der Waals surface area contributed by atoms with Gasteiger partial charge in [-0.1, -0.05) is 0 Å². The number of nitrogens with one attached hydrogen (secondary N) is 2. The molecular weight excluding hydrogens is 348 g/mol. The Bertz CT molecular complexity index is 1270. The third kappa shape index (κ3) is 2.75. The molecule has 138 valence electrons. The summed E-state index contributed by atoms with van der Waals surface area (Å²) in [6.45, 7) is 1.53. The molecule has 8 heteroatoms. The number of fused-ring (bicyclic) bond motifs is 2. The van der Waals surface area contributed by atoms with Crippen LogP contribution in [0.3, 0.4) is 0 Å². The maximum absolute atomic E-state index is 12.4. The van der Waals surface area contributed by atoms with Gasteiger partial charge in [-0.25, -0.2) is 4.98 Å². The van der Waals surface area contributed by atoms with Gasteiger partial charge in [0.25, 0.3) is 0 Å². The Hall–Kier alpha value is -3.23. The monoisotopic (exact) mass is 366 g/mol. The van der Waals surface area contributed by atoms with E-state index in [1.165, 1.54) is 18.5 Å². The van der Waals surface area contributed by atoms with Crippen molar-refractivity contribution >= 4 is 32.6 Å². The Kier molecular flexibility index (Phi) is 4.35. The zero-order chi connectivity index (χ0) is 19.0. The van der Waals surface area contributed by atoms with E-state index >= 15 is 0 Å². The van der Waals surface area contributed by atoms with Crippen LogP contribution < -0.4 is 16.1 Å². The number of nitrogens with zero attached hydrogens (tertiary/aromatic N) is 2. The van der Waals surface area contributed by atoms with E-state index in [0.29, 0.717) is 46.8 Å². The Morgan fingerprint density at radius 2 is 1.89 bits per heavy atom. The van der Waals surface area contributed by atoms with Crippen molar-refractivity contribution in [1.29, 1.82) is 0 Å². The molecule has 27 heavy (non-hydrogen) atoms. The summed E-state index contributed by atoms with van der Waals surface area (Å²) in [5.74, 6) is -0.378. The number of phenolic OH excluding ortho intramolecular Hbond substituents is 2. The zero-order valence-corrected chi connectivity index (χ0v) is 14.4. The summed E-state index contributed by atoms with van der Waals surface area (Å²) in [7, 11) is 0. The largest absolute Gasteiger partial charge is 0.507 e. The number of hydrogen-bond acceptors (Lipinski definition) is 7. The quantitative estimate of drug-likeness (QED) is 0.199. The number of aliphatic hydroxyl groups excluding tert-OH is 1. The number of aliphatic hydroxyl groups is 1. The maximum atomic E-state index is 12.4. The van der Waals surface area contributed by atoms with E-state index in [0.717, 1.165) is 0 Å². The molecule has 0 amide bonds. The molecule has 1 aromatic heterocycles. The SMILES string of the molecule is O=c1ccc(O)c2c(O)c3c(=NCCNCCO)ccc4[nH]cnc(c12)c43. The van der Waals surface area contributed by atoms with Gasteiger partial charge in [0.15, 0.2) is 5.43 Å². The van der Waals surface area contributed by atoms with Crippen molar-refractivity contribution in [3.63, 3.8) is 0 Å². The van der Waals surface area contributed by atoms with Crippen molar-refractivity contribution in [1.82, 2.24) is 15.3 Å². The summed E-state index contributed by atoms with van der Waals surface area (Å²) in [5, 5.41) is 34.9. The van der Waals surface area contributed by atoms with Crippen LogP contribution in [0, 0.1) is 0 Å². The second kappa shape index (κ2) is 6.82. The van der Waals surface area contributed by atoms with Gasteiger partial charge < -0.3 is 25.6 Å². The number of rotatable bonds is 5. The number of aromatic hydroxyl groups is 2. The standard InChI is InChI=1S/C19H18N4O4/c24-8-7-20-5-6-21-11-2-1-10-14-15(11)19(27)17-13(26)4-3-12(25)16(17)18(14)23-9-22-10/h1-4,9,20,24,26-27H,5-8H2,(H,22,23). The van der Waals surface area contributed by atoms with Crippen LogP contribution in [0.25, 0.3) is 32.6 Å². The second-order valence-corrected chi connectivity index (χ2v) is 6.17. The van der Waals surface area contributed by atoms with Crippen LogP contribution in [0.5, 0.6) is 11.5 Å². The van der Waals surface area contributed by atoms with E-state index in [1.807, 2.05) is 6.07 Å². The molecule has 3 aromatic carbocycles. The molecule has 8 nitrogen and oxygen atoms in total. The summed E-state index contributed by atoms with van der Waals surface area (Å²) in [6, 6.07) is 6.11. The number of H-pyrrole nitrogens is 1. The highest BCUT2D eigenvalue weighted by Gasteiger charge is 2.19. The van der Waals surface area contributed by atoms with Crippen LogP contribution in [-0.2, 0) is 0 Å². The van der Waals surface area contributed by atoms with Crippen LogP contribution in [0.2, 0.25) is 0 Å². The van der Waals surface area contributed by atoms with Gasteiger partial charge in [0.1, 0.15) is 11.5 Å². The average Bonchev–Trinajstić information content (AvgIpc) is 2.68. The number of aromatic nitrogens is 2. The fourth-order valence-corrected chi connectivity index (χ4v) is 3.38. The molecule has 0 atom stereocenters. The molecule has 0 aliphatic carbocycles. The topological polar surface area (TPSA) is 131 Å². The van der Waals surface area contributed by atoms with E-state index < -0.39 is 0 Å². The van der Waals surface area contributed by atoms with Gasteiger partial charge in [0.05, 0.1) is 46.5 Å². The predicted molar refractivity (Wildman–Crippen MR) is 102 cm³/mol. The van der Waals surface area contributed by atoms with Crippen molar-refractivity contribution in [3.05, 3.63) is 46.2 Å². The third-order valence-corrected chi connectivity index (χ3v) is 4.55. The van der Waals surface area contributed by atoms with E-state index in [1.54, 1.807) is 6.07 Å². The molecule has 4 rings (SSSR count). The third-order valence-electron chi connectivity index (χ3n) is 4.55. The minimum atomic E-state index is -0.324. The fourth-order valence-electron chi connectivity index (χ4n) is 3.38. The molecule has 0 saturated heterocycles. The lowest BCUT2D eigenvalue weighted by atomic mass is 9.98. The summed E-state index contributed by atoms with van der Waals surface area (Å²) < 4.78 is 0. The zero-order valence-electron chi connectivity index (χ0n) is 14.4. The van der Waals surface area contributed by atoms with Crippen molar-refractivity contribution in [2.24, 2.45) is 4.99 Å². The van der Waals surface area contributed by atoms with E-state index in [2.05, 4.69) is 20.3 Å². The van der Waals surface area contributed by atoms with Crippen LogP contribution in [0.15, 0.2) is 40.4 Å². The molecule has 0 spiro atoms. The first-order valence-electron chi connectivity index (χ1n) is 8.56. The fraction of sp³-hybridized carbons (Fsp3) is 0.211. The summed E-state index contributed by atoms with van der Waals surface area (Å²) >= 11 is 0. The van der Waals surface area contributed by atoms with Gasteiger partial charge in [-0.3, -0.25) is 9.79 Å². The van der Waals surface area contributed by atoms with Gasteiger partial charge in [-0.05, 0) is 24.3 Å². The number of hydrogen-bond donors (Lipinski definition) is 5. The van der Waals surface area contributed by atoms with E-state index in [4.69, 9.17) is 5.11 Å². The molecule has 0 fully saturated rings. The lowest BCUT2D eigenvalue weighted by Crippen LogP contribution is -2.22. The summed E-state index contributed by atoms with van der Waals surface area (Å²) in [6.07, 6.45) is 1.48. The highest BCUT2D eigenvalue weighted by Crippen LogP contribution is 2.39. The normalized spacial score (nSPS) is 12.6. The molecule has 4 aromatic rings. The van der Waals surface area contributed by atoms with E-state index in [-0.39, 0.29) is 34.3 Å². The summed E-state index contributed by atoms with van der Waals surface area (Å²) in [4.78, 5) is 24.3. The molecule has 0 bridgehead atoms. The molecule has 0 saturated carbocycles. The Morgan fingerprint density at radius 3 is 2.70 bits per heavy atom. The Morgan fingerprint density at radius 1 is 1.04 bits per heavy atom. The number of aromatic amines is 1. The molecule has 1 heterocycles. The molecule has 0 radical (unpaired) electrons. The highest BCUT2D eigenvalue weighted by atomic mass is 16.3. The Balaban J connectivity index is 2.08. The molecular formula is C19H18N4O4. The smallest absolute Gasteiger partial charge is 0.189 e. The predicted octanol–water partition coefficient (Wildman–Crippen LogP) is 0.561. The molecule has 0 aliphatic rings. The van der Waals surface area contributed by atoms with Crippen LogP contribution in [-0.4, -0.2) is 51.5 Å². The van der Waals surface area contributed by atoms with Crippen LogP contribution >= 0.6 is 0 Å². The van der Waals surface area contributed by atoms with Crippen molar-refractivity contribution in [2.75, 3.05) is 26.2 Å². The Labute approximate surface area is 152 Å². The first-order chi connectivity index (χ1) is 13.1. The van der Waals surface area contributed by atoms with Gasteiger partial charge >= 0.3 is 0 Å². The maximum Gasteiger partial charge on any atom is 0.189 e. The van der Waals surface area contributed by atoms with Crippen molar-refractivity contribution in [3.8, 4) is 11.5 Å². The van der Waals surface area contributed by atoms with Gasteiger partial charge in [0, 0.05) is 24.0 Å². The minimum Gasteiger partial charge on any atom is -0.507 e. The molecule has 0 aliphatic heterocycles.